The van der Waals surface area contributed by atoms with Gasteiger partial charge in [-0.15, -0.1) is 0 Å². The maximum atomic E-state index is 12.2. The summed E-state index contributed by atoms with van der Waals surface area (Å²) in [6.45, 7) is 6.57. The van der Waals surface area contributed by atoms with Gasteiger partial charge in [0, 0.05) is 13.1 Å². The molecule has 130 valence electrons. The fourth-order valence-corrected chi connectivity index (χ4v) is 3.36. The van der Waals surface area contributed by atoms with Crippen molar-refractivity contribution in [1.29, 1.82) is 0 Å². The Kier molecular flexibility index (Phi) is 6.25. The molecule has 6 nitrogen and oxygen atoms in total. The van der Waals surface area contributed by atoms with Crippen molar-refractivity contribution in [2.24, 2.45) is 5.92 Å². The summed E-state index contributed by atoms with van der Waals surface area (Å²) in [6.07, 6.45) is 0. The number of imide groups is 1. The fourth-order valence-electron chi connectivity index (χ4n) is 2.61. The largest absolute Gasteiger partial charge is 0.336 e. The number of urea groups is 1. The van der Waals surface area contributed by atoms with E-state index < -0.39 is 0 Å². The summed E-state index contributed by atoms with van der Waals surface area (Å²) in [5.74, 6) is 0.218. The molecule has 0 aliphatic carbocycles. The van der Waals surface area contributed by atoms with Gasteiger partial charge in [-0.2, -0.15) is 0 Å². The molecule has 2 N–H and O–H groups in total. The Morgan fingerprint density at radius 3 is 2.58 bits per heavy atom. The number of benzene rings is 1. The summed E-state index contributed by atoms with van der Waals surface area (Å²) < 4.78 is 0. The second-order valence-electron chi connectivity index (χ2n) is 6.08. The average Bonchev–Trinajstić information content (AvgIpc) is 2.85. The van der Waals surface area contributed by atoms with Crippen LogP contribution in [-0.2, 0) is 4.79 Å². The summed E-state index contributed by atoms with van der Waals surface area (Å²) in [6, 6.07) is 7.56. The maximum absolute atomic E-state index is 12.2. The van der Waals surface area contributed by atoms with Crippen molar-refractivity contribution in [2.75, 3.05) is 18.8 Å². The van der Waals surface area contributed by atoms with Gasteiger partial charge in [-0.25, -0.2) is 4.79 Å². The van der Waals surface area contributed by atoms with Crippen LogP contribution in [0.15, 0.2) is 24.3 Å². The van der Waals surface area contributed by atoms with Gasteiger partial charge < -0.3 is 10.6 Å². The second-order valence-corrected chi connectivity index (χ2v) is 7.01. The minimum Gasteiger partial charge on any atom is -0.336 e. The van der Waals surface area contributed by atoms with Crippen LogP contribution in [0.3, 0.4) is 0 Å². The molecular weight excluding hydrogens is 326 g/mol. The molecule has 1 aromatic rings. The third kappa shape index (κ3) is 4.50. The van der Waals surface area contributed by atoms with Gasteiger partial charge in [-0.3, -0.25) is 14.5 Å². The van der Waals surface area contributed by atoms with E-state index in [-0.39, 0.29) is 48.0 Å². The standard InChI is InChI=1S/C17H23N3O3S/c1-11(2)15(13-7-5-4-6-12(13)3)19-16(22)18-8-9-20-14(21)10-24-17(20)23/h4-7,11,15H,8-10H2,1-3H3,(H2,18,19,22)/t15-/m1/s1. The number of nitrogens with zero attached hydrogens (tertiary/aromatic N) is 1. The zero-order chi connectivity index (χ0) is 17.7. The van der Waals surface area contributed by atoms with Crippen LogP contribution in [0.25, 0.3) is 0 Å². The van der Waals surface area contributed by atoms with Crippen molar-refractivity contribution >= 4 is 28.9 Å². The summed E-state index contributed by atoms with van der Waals surface area (Å²) >= 11 is 0.995. The van der Waals surface area contributed by atoms with Crippen LogP contribution in [-0.4, -0.2) is 40.9 Å². The molecular formula is C17H23N3O3S. The number of nitrogens with one attached hydrogen (secondary N) is 2. The van der Waals surface area contributed by atoms with Gasteiger partial charge in [-0.1, -0.05) is 49.9 Å². The van der Waals surface area contributed by atoms with E-state index in [0.717, 1.165) is 22.9 Å². The normalized spacial score (nSPS) is 15.8. The number of amides is 4. The second kappa shape index (κ2) is 8.19. The van der Waals surface area contributed by atoms with Crippen molar-refractivity contribution in [2.45, 2.75) is 26.8 Å². The summed E-state index contributed by atoms with van der Waals surface area (Å²) in [4.78, 5) is 36.3. The smallest absolute Gasteiger partial charge is 0.315 e. The van der Waals surface area contributed by atoms with Crippen molar-refractivity contribution < 1.29 is 14.4 Å². The molecule has 0 spiro atoms. The highest BCUT2D eigenvalue weighted by molar-refractivity contribution is 8.14. The number of carbonyl (C=O) groups excluding carboxylic acids is 3. The lowest BCUT2D eigenvalue weighted by atomic mass is 9.93. The zero-order valence-electron chi connectivity index (χ0n) is 14.2. The monoisotopic (exact) mass is 349 g/mol. The van der Waals surface area contributed by atoms with Crippen LogP contribution in [0.5, 0.6) is 0 Å². The highest BCUT2D eigenvalue weighted by Crippen LogP contribution is 2.24. The topological polar surface area (TPSA) is 78.5 Å². The number of hydrogen-bond acceptors (Lipinski definition) is 4. The number of hydrogen-bond donors (Lipinski definition) is 2. The number of carbonyl (C=O) groups is 3. The number of thioether (sulfide) groups is 1. The Balaban J connectivity index is 1.89. The lowest BCUT2D eigenvalue weighted by molar-refractivity contribution is -0.124. The van der Waals surface area contributed by atoms with Crippen LogP contribution in [0.4, 0.5) is 9.59 Å². The molecule has 0 saturated carbocycles. The van der Waals surface area contributed by atoms with Crippen molar-refractivity contribution in [1.82, 2.24) is 15.5 Å². The van der Waals surface area contributed by atoms with Crippen molar-refractivity contribution in [3.05, 3.63) is 35.4 Å². The molecule has 1 saturated heterocycles. The van der Waals surface area contributed by atoms with Gasteiger partial charge in [0.2, 0.25) is 5.91 Å². The van der Waals surface area contributed by atoms with Crippen LogP contribution in [0.2, 0.25) is 0 Å². The molecule has 1 heterocycles. The molecule has 2 rings (SSSR count). The molecule has 1 aliphatic rings. The molecule has 1 aliphatic heterocycles. The van der Waals surface area contributed by atoms with Crippen molar-refractivity contribution in [3.8, 4) is 0 Å². The van der Waals surface area contributed by atoms with Crippen LogP contribution in [0.1, 0.15) is 31.0 Å². The number of aryl methyl sites for hydroxylation is 1. The quantitative estimate of drug-likeness (QED) is 0.828. The first-order valence-electron chi connectivity index (χ1n) is 7.97. The Bertz CT molecular complexity index is 617. The van der Waals surface area contributed by atoms with Gasteiger partial charge in [-0.05, 0) is 24.0 Å². The molecule has 1 aromatic carbocycles. The van der Waals surface area contributed by atoms with Gasteiger partial charge >= 0.3 is 6.03 Å². The zero-order valence-corrected chi connectivity index (χ0v) is 15.0. The minimum atomic E-state index is -0.302. The molecule has 0 radical (unpaired) electrons. The van der Waals surface area contributed by atoms with E-state index in [9.17, 15) is 14.4 Å². The number of rotatable bonds is 6. The van der Waals surface area contributed by atoms with E-state index in [4.69, 9.17) is 0 Å². The van der Waals surface area contributed by atoms with E-state index in [2.05, 4.69) is 24.5 Å². The highest BCUT2D eigenvalue weighted by atomic mass is 32.2. The van der Waals surface area contributed by atoms with E-state index in [1.165, 1.54) is 4.90 Å². The molecule has 0 unspecified atom stereocenters. The molecule has 0 aromatic heterocycles. The average molecular weight is 349 g/mol. The molecule has 4 amide bonds. The molecule has 7 heteroatoms. The summed E-state index contributed by atoms with van der Waals surface area (Å²) in [7, 11) is 0. The van der Waals surface area contributed by atoms with E-state index in [1.54, 1.807) is 0 Å². The first kappa shape index (κ1) is 18.3. The lowest BCUT2D eigenvalue weighted by Gasteiger charge is -2.25. The predicted octanol–water partition coefficient (Wildman–Crippen LogP) is 2.69. The minimum absolute atomic E-state index is 0.100. The van der Waals surface area contributed by atoms with E-state index in [1.807, 2.05) is 31.2 Å². The Hall–Kier alpha value is -2.02. The predicted molar refractivity (Wildman–Crippen MR) is 94.9 cm³/mol. The highest BCUT2D eigenvalue weighted by Gasteiger charge is 2.29. The SMILES string of the molecule is Cc1ccccc1[C@H](NC(=O)NCCN1C(=O)CSC1=O)C(C)C. The first-order chi connectivity index (χ1) is 11.4. The molecule has 1 atom stereocenters. The third-order valence-electron chi connectivity index (χ3n) is 3.94. The van der Waals surface area contributed by atoms with Gasteiger partial charge in [0.15, 0.2) is 0 Å². The van der Waals surface area contributed by atoms with Gasteiger partial charge in [0.05, 0.1) is 11.8 Å². The summed E-state index contributed by atoms with van der Waals surface area (Å²) in [5.41, 5.74) is 2.21. The van der Waals surface area contributed by atoms with Gasteiger partial charge in [0.1, 0.15) is 0 Å². The first-order valence-corrected chi connectivity index (χ1v) is 8.95. The Morgan fingerprint density at radius 1 is 1.29 bits per heavy atom. The third-order valence-corrected chi connectivity index (χ3v) is 4.80. The Morgan fingerprint density at radius 2 is 2.00 bits per heavy atom. The molecule has 24 heavy (non-hydrogen) atoms. The molecule has 1 fully saturated rings. The van der Waals surface area contributed by atoms with Crippen LogP contribution >= 0.6 is 11.8 Å². The molecule has 0 bridgehead atoms. The van der Waals surface area contributed by atoms with E-state index >= 15 is 0 Å². The fraction of sp³-hybridized carbons (Fsp3) is 0.471. The maximum Gasteiger partial charge on any atom is 0.315 e. The van der Waals surface area contributed by atoms with Crippen molar-refractivity contribution in [3.63, 3.8) is 0 Å². The summed E-state index contributed by atoms with van der Waals surface area (Å²) in [5, 5.41) is 5.45. The lowest BCUT2D eigenvalue weighted by Crippen LogP contribution is -2.43. The van der Waals surface area contributed by atoms with Crippen LogP contribution in [0, 0.1) is 12.8 Å². The van der Waals surface area contributed by atoms with Crippen LogP contribution < -0.4 is 10.6 Å². The Labute approximate surface area is 146 Å². The van der Waals surface area contributed by atoms with Gasteiger partial charge in [0.25, 0.3) is 5.24 Å². The van der Waals surface area contributed by atoms with E-state index in [0.29, 0.717) is 0 Å².